The number of methoxy groups -OCH3 is 1. The third-order valence-corrected chi connectivity index (χ3v) is 8.80. The molecule has 1 unspecified atom stereocenters. The molecule has 5 heterocycles. The standard InChI is InChI=1S/C31H37N5O3/c1-38-27-19-35(20-27)30-9-5-22-13-21(4-8-29(22)33-30)16-34-12-10-26(18-34)39-25-6-7-28-23(14-25)17-36(31(28)37)24-3-2-11-32-15-24/h4-9,13-14,24,26-27,32H,2-3,10-12,15-20H2,1H3/t24?,26-/m0/s1. The minimum Gasteiger partial charge on any atom is -0.489 e. The van der Waals surface area contributed by atoms with Crippen molar-refractivity contribution < 1.29 is 14.3 Å². The van der Waals surface area contributed by atoms with Gasteiger partial charge >= 0.3 is 0 Å². The van der Waals surface area contributed by atoms with Crippen molar-refractivity contribution >= 4 is 22.6 Å². The molecule has 0 aliphatic carbocycles. The molecule has 4 aliphatic rings. The van der Waals surface area contributed by atoms with Gasteiger partial charge in [-0.15, -0.1) is 0 Å². The number of piperidine rings is 1. The minimum atomic E-state index is 0.163. The summed E-state index contributed by atoms with van der Waals surface area (Å²) >= 11 is 0. The summed E-state index contributed by atoms with van der Waals surface area (Å²) in [7, 11) is 1.77. The molecule has 3 aromatic rings. The Morgan fingerprint density at radius 3 is 2.79 bits per heavy atom. The van der Waals surface area contributed by atoms with E-state index in [0.717, 1.165) is 93.3 Å². The van der Waals surface area contributed by atoms with E-state index in [0.29, 0.717) is 18.7 Å². The quantitative estimate of drug-likeness (QED) is 0.505. The van der Waals surface area contributed by atoms with Gasteiger partial charge < -0.3 is 24.6 Å². The average Bonchev–Trinajstić information content (AvgIpc) is 3.51. The Hall–Kier alpha value is -3.20. The summed E-state index contributed by atoms with van der Waals surface area (Å²) in [6, 6.07) is 17.2. The van der Waals surface area contributed by atoms with E-state index >= 15 is 0 Å². The van der Waals surface area contributed by atoms with Crippen LogP contribution in [0.5, 0.6) is 5.75 Å². The van der Waals surface area contributed by atoms with Gasteiger partial charge in [-0.2, -0.15) is 0 Å². The van der Waals surface area contributed by atoms with Crippen molar-refractivity contribution in [3.8, 4) is 5.75 Å². The van der Waals surface area contributed by atoms with Crippen molar-refractivity contribution in [3.63, 3.8) is 0 Å². The highest BCUT2D eigenvalue weighted by Gasteiger charge is 2.34. The van der Waals surface area contributed by atoms with Gasteiger partial charge in [0.05, 0.1) is 11.6 Å². The fourth-order valence-corrected chi connectivity index (χ4v) is 6.49. The molecule has 0 radical (unpaired) electrons. The summed E-state index contributed by atoms with van der Waals surface area (Å²) in [5.74, 6) is 2.07. The highest BCUT2D eigenvalue weighted by molar-refractivity contribution is 5.98. The van der Waals surface area contributed by atoms with Crippen LogP contribution in [0, 0.1) is 0 Å². The van der Waals surface area contributed by atoms with Crippen LogP contribution in [0.25, 0.3) is 10.9 Å². The molecule has 2 atom stereocenters. The first-order valence-electron chi connectivity index (χ1n) is 14.3. The molecule has 1 amide bonds. The second kappa shape index (κ2) is 10.4. The molecule has 8 heteroatoms. The molecule has 1 N–H and O–H groups in total. The monoisotopic (exact) mass is 527 g/mol. The van der Waals surface area contributed by atoms with E-state index in [-0.39, 0.29) is 12.0 Å². The molecule has 3 saturated heterocycles. The lowest BCUT2D eigenvalue weighted by Gasteiger charge is -2.39. The van der Waals surface area contributed by atoms with E-state index in [1.807, 2.05) is 17.0 Å². The fraction of sp³-hybridized carbons (Fsp3) is 0.484. The summed E-state index contributed by atoms with van der Waals surface area (Å²) in [4.78, 5) is 24.6. The molecule has 0 saturated carbocycles. The predicted molar refractivity (Wildman–Crippen MR) is 151 cm³/mol. The highest BCUT2D eigenvalue weighted by Crippen LogP contribution is 2.31. The van der Waals surface area contributed by atoms with Gasteiger partial charge in [-0.3, -0.25) is 9.69 Å². The molecule has 39 heavy (non-hydrogen) atoms. The van der Waals surface area contributed by atoms with Crippen molar-refractivity contribution in [1.82, 2.24) is 20.1 Å². The number of likely N-dealkylation sites (tertiary alicyclic amines) is 1. The zero-order valence-electron chi connectivity index (χ0n) is 22.6. The Morgan fingerprint density at radius 2 is 1.95 bits per heavy atom. The van der Waals surface area contributed by atoms with Gasteiger partial charge in [0.2, 0.25) is 0 Å². The second-order valence-corrected chi connectivity index (χ2v) is 11.5. The number of rotatable bonds is 7. The molecule has 204 valence electrons. The topological polar surface area (TPSA) is 70.2 Å². The number of carbonyl (C=O) groups is 1. The zero-order valence-corrected chi connectivity index (χ0v) is 22.6. The molecule has 3 fully saturated rings. The van der Waals surface area contributed by atoms with Crippen LogP contribution in [0.4, 0.5) is 5.82 Å². The maximum Gasteiger partial charge on any atom is 0.254 e. The Kier molecular flexibility index (Phi) is 6.62. The second-order valence-electron chi connectivity index (χ2n) is 11.5. The maximum absolute atomic E-state index is 13.0. The van der Waals surface area contributed by atoms with Gasteiger partial charge in [0.25, 0.3) is 5.91 Å². The lowest BCUT2D eigenvalue weighted by atomic mass is 10.1. The molecular weight excluding hydrogens is 490 g/mol. The molecule has 1 aromatic heterocycles. The highest BCUT2D eigenvalue weighted by atomic mass is 16.5. The van der Waals surface area contributed by atoms with Gasteiger partial charge in [0.15, 0.2) is 0 Å². The van der Waals surface area contributed by atoms with Gasteiger partial charge in [-0.25, -0.2) is 4.98 Å². The first kappa shape index (κ1) is 24.8. The molecular formula is C31H37N5O3. The fourth-order valence-electron chi connectivity index (χ4n) is 6.49. The Labute approximate surface area is 229 Å². The number of benzene rings is 2. The number of carbonyl (C=O) groups excluding carboxylic acids is 1. The lowest BCUT2D eigenvalue weighted by Crippen LogP contribution is -2.52. The van der Waals surface area contributed by atoms with Gasteiger partial charge in [0.1, 0.15) is 17.7 Å². The molecule has 2 aromatic carbocycles. The number of fused-ring (bicyclic) bond motifs is 2. The Bertz CT molecular complexity index is 1370. The number of aromatic nitrogens is 1. The van der Waals surface area contributed by atoms with Crippen molar-refractivity contribution in [1.29, 1.82) is 0 Å². The van der Waals surface area contributed by atoms with Crippen molar-refractivity contribution in [2.45, 2.75) is 50.6 Å². The zero-order chi connectivity index (χ0) is 26.3. The normalized spacial score (nSPS) is 23.9. The van der Waals surface area contributed by atoms with Crippen molar-refractivity contribution in [3.05, 3.63) is 65.2 Å². The summed E-state index contributed by atoms with van der Waals surface area (Å²) in [6.45, 7) is 7.28. The minimum absolute atomic E-state index is 0.163. The predicted octanol–water partition coefficient (Wildman–Crippen LogP) is 3.43. The number of hydrogen-bond acceptors (Lipinski definition) is 7. The smallest absolute Gasteiger partial charge is 0.254 e. The molecule has 0 bridgehead atoms. The average molecular weight is 528 g/mol. The van der Waals surface area contributed by atoms with E-state index in [2.05, 4.69) is 51.5 Å². The first-order valence-corrected chi connectivity index (χ1v) is 14.3. The van der Waals surface area contributed by atoms with Crippen LogP contribution in [0.3, 0.4) is 0 Å². The van der Waals surface area contributed by atoms with Crippen LogP contribution < -0.4 is 15.0 Å². The van der Waals surface area contributed by atoms with E-state index in [1.54, 1.807) is 7.11 Å². The van der Waals surface area contributed by atoms with E-state index < -0.39 is 0 Å². The maximum atomic E-state index is 13.0. The van der Waals surface area contributed by atoms with E-state index in [4.69, 9.17) is 14.5 Å². The van der Waals surface area contributed by atoms with Crippen LogP contribution in [-0.4, -0.2) is 85.3 Å². The number of hydrogen-bond donors (Lipinski definition) is 1. The van der Waals surface area contributed by atoms with Crippen LogP contribution >= 0.6 is 0 Å². The van der Waals surface area contributed by atoms with Crippen molar-refractivity contribution in [2.75, 3.05) is 51.3 Å². The number of anilines is 1. The number of amides is 1. The van der Waals surface area contributed by atoms with Crippen molar-refractivity contribution in [2.24, 2.45) is 0 Å². The number of nitrogens with one attached hydrogen (secondary N) is 1. The van der Waals surface area contributed by atoms with Crippen LogP contribution in [-0.2, 0) is 17.8 Å². The third-order valence-electron chi connectivity index (χ3n) is 8.80. The summed E-state index contributed by atoms with van der Waals surface area (Å²) in [5, 5.41) is 4.61. The summed E-state index contributed by atoms with van der Waals surface area (Å²) in [5.41, 5.74) is 4.27. The number of nitrogens with zero attached hydrogens (tertiary/aromatic N) is 4. The first-order chi connectivity index (χ1) is 19.1. The van der Waals surface area contributed by atoms with E-state index in [9.17, 15) is 4.79 Å². The molecule has 7 rings (SSSR count). The number of ether oxygens (including phenoxy) is 2. The van der Waals surface area contributed by atoms with E-state index in [1.165, 1.54) is 10.9 Å². The third kappa shape index (κ3) is 4.97. The van der Waals surface area contributed by atoms with Gasteiger partial charge in [-0.05, 0) is 79.4 Å². The summed E-state index contributed by atoms with van der Waals surface area (Å²) in [6.07, 6.45) is 3.70. The molecule has 8 nitrogen and oxygen atoms in total. The van der Waals surface area contributed by atoms with Gasteiger partial charge in [0, 0.05) is 69.9 Å². The van der Waals surface area contributed by atoms with Crippen LogP contribution in [0.15, 0.2) is 48.5 Å². The molecule has 4 aliphatic heterocycles. The molecule has 0 spiro atoms. The van der Waals surface area contributed by atoms with Crippen LogP contribution in [0.1, 0.15) is 40.7 Å². The SMILES string of the molecule is COC1CN(c2ccc3cc(CN4CC[C@H](Oc5ccc6c(c5)CN(C5CCCNC5)C6=O)C4)ccc3n2)C1. The van der Waals surface area contributed by atoms with Gasteiger partial charge in [-0.1, -0.05) is 6.07 Å². The Morgan fingerprint density at radius 1 is 1.03 bits per heavy atom. The largest absolute Gasteiger partial charge is 0.489 e. The summed E-state index contributed by atoms with van der Waals surface area (Å²) < 4.78 is 11.8. The number of pyridine rings is 1. The lowest BCUT2D eigenvalue weighted by molar-refractivity contribution is 0.0674. The van der Waals surface area contributed by atoms with Crippen LogP contribution in [0.2, 0.25) is 0 Å². The Balaban J connectivity index is 0.950.